The van der Waals surface area contributed by atoms with Crippen molar-refractivity contribution in [3.05, 3.63) is 90.0 Å². The Morgan fingerprint density at radius 2 is 1.87 bits per heavy atom. The smallest absolute Gasteiger partial charge is 0.166 e. The third kappa shape index (κ3) is 6.55. The Hall–Kier alpha value is -3.38. The molecule has 0 amide bonds. The van der Waals surface area contributed by atoms with E-state index in [0.717, 1.165) is 42.7 Å². The number of hydrogen-bond acceptors (Lipinski definition) is 5. The lowest BCUT2D eigenvalue weighted by molar-refractivity contribution is 0.300. The Bertz CT molecular complexity index is 1000. The van der Waals surface area contributed by atoms with Gasteiger partial charge in [-0.1, -0.05) is 43.0 Å². The first-order valence-corrected chi connectivity index (χ1v) is 10.3. The molecular weight excluding hydrogens is 391 g/mol. The van der Waals surface area contributed by atoms with Crippen molar-refractivity contribution in [1.29, 1.82) is 0 Å². The van der Waals surface area contributed by atoms with E-state index in [9.17, 15) is 4.39 Å². The molecular formula is C25H29FN4O. The monoisotopic (exact) mass is 420 g/mol. The van der Waals surface area contributed by atoms with Crippen LogP contribution in [0.4, 0.5) is 10.2 Å². The topological polar surface area (TPSA) is 72.2 Å². The highest BCUT2D eigenvalue weighted by atomic mass is 19.1. The zero-order valence-electron chi connectivity index (χ0n) is 17.8. The van der Waals surface area contributed by atoms with Gasteiger partial charge in [-0.25, -0.2) is 9.37 Å². The maximum Gasteiger partial charge on any atom is 0.166 e. The van der Waals surface area contributed by atoms with Crippen molar-refractivity contribution in [3.63, 3.8) is 0 Å². The van der Waals surface area contributed by atoms with Gasteiger partial charge in [0.25, 0.3) is 0 Å². The predicted molar refractivity (Wildman–Crippen MR) is 124 cm³/mol. The fourth-order valence-corrected chi connectivity index (χ4v) is 3.14. The molecule has 0 spiro atoms. The van der Waals surface area contributed by atoms with Crippen LogP contribution in [0.5, 0.6) is 5.75 Å². The third-order valence-corrected chi connectivity index (χ3v) is 4.94. The Kier molecular flexibility index (Phi) is 8.01. The largest absolute Gasteiger partial charge is 0.485 e. The standard InChI is InChI=1S/C25H29FN4O/c1-3-28-12-13-29-11-10-19-5-8-20(9-6-19)22-15-24(25(27)30-16-22)31-17-21-7-4-18(2)14-23(21)26/h3-9,14-16,28-29H,1,10-13,17H2,2H3,(H2,27,30). The van der Waals surface area contributed by atoms with Crippen LogP contribution < -0.4 is 21.1 Å². The van der Waals surface area contributed by atoms with E-state index in [2.05, 4.69) is 46.5 Å². The van der Waals surface area contributed by atoms with Crippen molar-refractivity contribution in [3.8, 4) is 16.9 Å². The van der Waals surface area contributed by atoms with Crippen molar-refractivity contribution in [1.82, 2.24) is 15.6 Å². The average molecular weight is 421 g/mol. The van der Waals surface area contributed by atoms with Gasteiger partial charge >= 0.3 is 0 Å². The van der Waals surface area contributed by atoms with Crippen LogP contribution >= 0.6 is 0 Å². The summed E-state index contributed by atoms with van der Waals surface area (Å²) in [6, 6.07) is 15.3. The number of benzene rings is 2. The number of anilines is 1. The number of ether oxygens (including phenoxy) is 1. The molecule has 31 heavy (non-hydrogen) atoms. The molecule has 6 heteroatoms. The van der Waals surface area contributed by atoms with Gasteiger partial charge in [-0.2, -0.15) is 0 Å². The number of halogens is 1. The van der Waals surface area contributed by atoms with Crippen LogP contribution in [0, 0.1) is 12.7 Å². The summed E-state index contributed by atoms with van der Waals surface area (Å²) in [6.45, 7) is 8.25. The van der Waals surface area contributed by atoms with Crippen LogP contribution in [0.1, 0.15) is 16.7 Å². The summed E-state index contributed by atoms with van der Waals surface area (Å²) in [5, 5.41) is 6.45. The minimum atomic E-state index is -0.287. The molecule has 0 aliphatic heterocycles. The van der Waals surface area contributed by atoms with Gasteiger partial charge in [0.15, 0.2) is 11.6 Å². The molecule has 4 N–H and O–H groups in total. The van der Waals surface area contributed by atoms with Gasteiger partial charge < -0.3 is 21.1 Å². The second kappa shape index (κ2) is 11.1. The number of nitrogens with two attached hydrogens (primary N) is 1. The first kappa shape index (κ1) is 22.3. The highest BCUT2D eigenvalue weighted by Crippen LogP contribution is 2.28. The van der Waals surface area contributed by atoms with E-state index in [4.69, 9.17) is 10.5 Å². The summed E-state index contributed by atoms with van der Waals surface area (Å²) in [7, 11) is 0. The summed E-state index contributed by atoms with van der Waals surface area (Å²) in [4.78, 5) is 4.25. The van der Waals surface area contributed by atoms with Gasteiger partial charge in [0.1, 0.15) is 12.4 Å². The lowest BCUT2D eigenvalue weighted by Gasteiger charge is -2.11. The maximum atomic E-state index is 14.1. The normalized spacial score (nSPS) is 10.6. The molecule has 1 aromatic heterocycles. The molecule has 3 aromatic rings. The highest BCUT2D eigenvalue weighted by molar-refractivity contribution is 5.67. The number of aromatic nitrogens is 1. The molecule has 0 unspecified atom stereocenters. The number of hydrogen-bond donors (Lipinski definition) is 3. The van der Waals surface area contributed by atoms with Crippen LogP contribution in [-0.2, 0) is 13.0 Å². The van der Waals surface area contributed by atoms with Crippen LogP contribution in [0.2, 0.25) is 0 Å². The van der Waals surface area contributed by atoms with Crippen molar-refractivity contribution >= 4 is 5.82 Å². The van der Waals surface area contributed by atoms with E-state index in [1.165, 1.54) is 11.6 Å². The van der Waals surface area contributed by atoms with Gasteiger partial charge in [0.05, 0.1) is 0 Å². The molecule has 0 fully saturated rings. The van der Waals surface area contributed by atoms with Crippen LogP contribution in [-0.4, -0.2) is 24.6 Å². The predicted octanol–water partition coefficient (Wildman–Crippen LogP) is 4.22. The van der Waals surface area contributed by atoms with Gasteiger partial charge in [0, 0.05) is 30.4 Å². The number of nitrogen functional groups attached to an aromatic ring is 1. The van der Waals surface area contributed by atoms with E-state index >= 15 is 0 Å². The van der Waals surface area contributed by atoms with Crippen molar-refractivity contribution < 1.29 is 9.13 Å². The number of nitrogens with zero attached hydrogens (tertiary/aromatic N) is 1. The summed E-state index contributed by atoms with van der Waals surface area (Å²) in [5.41, 5.74) is 10.5. The lowest BCUT2D eigenvalue weighted by Crippen LogP contribution is -2.26. The SMILES string of the molecule is C=CNCCNCCc1ccc(-c2cnc(N)c(OCc3ccc(C)cc3F)c2)cc1. The molecule has 0 aliphatic carbocycles. The minimum Gasteiger partial charge on any atom is -0.485 e. The van der Waals surface area contributed by atoms with Gasteiger partial charge in [0.2, 0.25) is 0 Å². The summed E-state index contributed by atoms with van der Waals surface area (Å²) in [5.74, 6) is 0.438. The molecule has 0 saturated carbocycles. The molecule has 0 bridgehead atoms. The number of aryl methyl sites for hydroxylation is 1. The Morgan fingerprint density at radius 3 is 2.61 bits per heavy atom. The van der Waals surface area contributed by atoms with Crippen molar-refractivity contribution in [2.24, 2.45) is 0 Å². The maximum absolute atomic E-state index is 14.1. The van der Waals surface area contributed by atoms with Gasteiger partial charge in [-0.05, 0) is 54.9 Å². The average Bonchev–Trinajstić information content (AvgIpc) is 2.77. The number of nitrogens with one attached hydrogen (secondary N) is 2. The van der Waals surface area contributed by atoms with Crippen LogP contribution in [0.3, 0.4) is 0 Å². The van der Waals surface area contributed by atoms with E-state index < -0.39 is 0 Å². The molecule has 162 valence electrons. The quantitative estimate of drug-likeness (QED) is 0.405. The second-order valence-corrected chi connectivity index (χ2v) is 7.35. The summed E-state index contributed by atoms with van der Waals surface area (Å²) >= 11 is 0. The number of pyridine rings is 1. The molecule has 1 heterocycles. The first-order valence-electron chi connectivity index (χ1n) is 10.3. The molecule has 5 nitrogen and oxygen atoms in total. The van der Waals surface area contributed by atoms with Crippen LogP contribution in [0.25, 0.3) is 11.1 Å². The molecule has 0 radical (unpaired) electrons. The Morgan fingerprint density at radius 1 is 1.06 bits per heavy atom. The second-order valence-electron chi connectivity index (χ2n) is 7.35. The third-order valence-electron chi connectivity index (χ3n) is 4.94. The number of rotatable bonds is 11. The lowest BCUT2D eigenvalue weighted by atomic mass is 10.0. The van der Waals surface area contributed by atoms with Gasteiger partial charge in [-0.3, -0.25) is 0 Å². The highest BCUT2D eigenvalue weighted by Gasteiger charge is 2.09. The zero-order chi connectivity index (χ0) is 22.1. The Balaban J connectivity index is 1.60. The molecule has 0 aliphatic rings. The minimum absolute atomic E-state index is 0.0930. The fraction of sp³-hybridized carbons (Fsp3) is 0.240. The molecule has 0 atom stereocenters. The van der Waals surface area contributed by atoms with E-state index in [1.54, 1.807) is 18.5 Å². The van der Waals surface area contributed by atoms with E-state index in [0.29, 0.717) is 11.3 Å². The molecule has 3 rings (SSSR count). The molecule has 2 aromatic carbocycles. The van der Waals surface area contributed by atoms with E-state index in [1.807, 2.05) is 19.1 Å². The van der Waals surface area contributed by atoms with Crippen LogP contribution in [0.15, 0.2) is 67.5 Å². The van der Waals surface area contributed by atoms with Crippen molar-refractivity contribution in [2.75, 3.05) is 25.4 Å². The Labute approximate surface area is 183 Å². The van der Waals surface area contributed by atoms with E-state index in [-0.39, 0.29) is 18.2 Å². The van der Waals surface area contributed by atoms with Gasteiger partial charge in [-0.15, -0.1) is 0 Å². The fourth-order valence-electron chi connectivity index (χ4n) is 3.14. The summed E-state index contributed by atoms with van der Waals surface area (Å²) < 4.78 is 19.8. The van der Waals surface area contributed by atoms with Crippen molar-refractivity contribution in [2.45, 2.75) is 20.0 Å². The first-order chi connectivity index (χ1) is 15.1. The zero-order valence-corrected chi connectivity index (χ0v) is 17.8. The molecule has 0 saturated heterocycles. The summed E-state index contributed by atoms with van der Waals surface area (Å²) in [6.07, 6.45) is 4.37.